The van der Waals surface area contributed by atoms with E-state index in [0.717, 1.165) is 34.3 Å². The third kappa shape index (κ3) is 5.66. The fourth-order valence-corrected chi connectivity index (χ4v) is 3.41. The monoisotopic (exact) mass is 412 g/mol. The smallest absolute Gasteiger partial charge is 0.241 e. The highest BCUT2D eigenvalue weighted by Gasteiger charge is 2.23. The van der Waals surface area contributed by atoms with E-state index >= 15 is 0 Å². The summed E-state index contributed by atoms with van der Waals surface area (Å²) in [5, 5.41) is 2.69. The third-order valence-electron chi connectivity index (χ3n) is 3.95. The highest BCUT2D eigenvalue weighted by molar-refractivity contribution is 7.92. The molecular formula is C19H22F2N2O4S. The number of nitrogens with one attached hydrogen (secondary N) is 1. The predicted molar refractivity (Wildman–Crippen MR) is 103 cm³/mol. The first kappa shape index (κ1) is 21.6. The van der Waals surface area contributed by atoms with Crippen LogP contribution in [-0.2, 0) is 14.8 Å². The van der Waals surface area contributed by atoms with Gasteiger partial charge in [-0.25, -0.2) is 17.2 Å². The Morgan fingerprint density at radius 1 is 1.14 bits per heavy atom. The van der Waals surface area contributed by atoms with Crippen molar-refractivity contribution in [1.82, 2.24) is 5.32 Å². The first-order valence-electron chi connectivity index (χ1n) is 8.56. The molecule has 6 nitrogen and oxygen atoms in total. The maximum absolute atomic E-state index is 13.5. The topological polar surface area (TPSA) is 75.7 Å². The van der Waals surface area contributed by atoms with Gasteiger partial charge in [0.25, 0.3) is 0 Å². The van der Waals surface area contributed by atoms with E-state index in [2.05, 4.69) is 5.32 Å². The number of carbonyl (C=O) groups excluding carboxylic acids is 1. The number of anilines is 1. The zero-order valence-electron chi connectivity index (χ0n) is 15.8. The molecule has 152 valence electrons. The number of ether oxygens (including phenoxy) is 1. The molecule has 0 saturated carbocycles. The average molecular weight is 412 g/mol. The van der Waals surface area contributed by atoms with Gasteiger partial charge in [-0.2, -0.15) is 0 Å². The highest BCUT2D eigenvalue weighted by atomic mass is 32.2. The van der Waals surface area contributed by atoms with Crippen LogP contribution in [0.1, 0.15) is 25.5 Å². The zero-order chi connectivity index (χ0) is 20.9. The van der Waals surface area contributed by atoms with Crippen LogP contribution in [0.25, 0.3) is 0 Å². The van der Waals surface area contributed by atoms with Crippen molar-refractivity contribution in [3.05, 3.63) is 59.7 Å². The molecule has 0 aliphatic rings. The molecule has 0 saturated heterocycles. The number of amides is 1. The van der Waals surface area contributed by atoms with Crippen LogP contribution in [-0.4, -0.2) is 33.7 Å². The molecule has 0 radical (unpaired) electrons. The van der Waals surface area contributed by atoms with Crippen molar-refractivity contribution in [3.8, 4) is 5.75 Å². The van der Waals surface area contributed by atoms with Crippen molar-refractivity contribution in [2.24, 2.45) is 0 Å². The summed E-state index contributed by atoms with van der Waals surface area (Å²) in [4.78, 5) is 12.4. The zero-order valence-corrected chi connectivity index (χ0v) is 16.6. The Morgan fingerprint density at radius 3 is 2.32 bits per heavy atom. The van der Waals surface area contributed by atoms with Crippen molar-refractivity contribution in [2.45, 2.75) is 19.9 Å². The molecule has 0 heterocycles. The van der Waals surface area contributed by atoms with Crippen molar-refractivity contribution >= 4 is 21.6 Å². The lowest BCUT2D eigenvalue weighted by molar-refractivity contribution is -0.120. The Labute approximate surface area is 163 Å². The number of carbonyl (C=O) groups is 1. The summed E-state index contributed by atoms with van der Waals surface area (Å²) in [5.74, 6) is -2.19. The van der Waals surface area contributed by atoms with Crippen LogP contribution in [0, 0.1) is 11.6 Å². The van der Waals surface area contributed by atoms with E-state index in [9.17, 15) is 22.0 Å². The lowest BCUT2D eigenvalue weighted by atomic mass is 10.1. The molecule has 2 rings (SSSR count). The van der Waals surface area contributed by atoms with Gasteiger partial charge >= 0.3 is 0 Å². The summed E-state index contributed by atoms with van der Waals surface area (Å²) < 4.78 is 56.8. The molecule has 0 unspecified atom stereocenters. The van der Waals surface area contributed by atoms with Crippen LogP contribution in [0.5, 0.6) is 5.75 Å². The van der Waals surface area contributed by atoms with Gasteiger partial charge in [-0.1, -0.05) is 12.1 Å². The van der Waals surface area contributed by atoms with Crippen LogP contribution in [0.15, 0.2) is 42.5 Å². The van der Waals surface area contributed by atoms with Crippen LogP contribution < -0.4 is 14.4 Å². The third-order valence-corrected chi connectivity index (χ3v) is 5.09. The molecule has 0 bridgehead atoms. The van der Waals surface area contributed by atoms with E-state index in [0.29, 0.717) is 12.4 Å². The second-order valence-corrected chi connectivity index (χ2v) is 8.07. The molecule has 28 heavy (non-hydrogen) atoms. The lowest BCUT2D eigenvalue weighted by Crippen LogP contribution is -2.41. The van der Waals surface area contributed by atoms with E-state index < -0.39 is 40.2 Å². The predicted octanol–water partition coefficient (Wildman–Crippen LogP) is 3.01. The number of nitrogens with zero attached hydrogens (tertiary/aromatic N) is 1. The molecule has 0 aliphatic heterocycles. The molecule has 1 atom stereocenters. The molecule has 9 heteroatoms. The maximum Gasteiger partial charge on any atom is 0.241 e. The molecule has 2 aromatic carbocycles. The van der Waals surface area contributed by atoms with Crippen molar-refractivity contribution < 1.29 is 26.7 Å². The lowest BCUT2D eigenvalue weighted by Gasteiger charge is -2.23. The molecule has 2 aromatic rings. The summed E-state index contributed by atoms with van der Waals surface area (Å²) >= 11 is 0. The Bertz CT molecular complexity index is 933. The van der Waals surface area contributed by atoms with Gasteiger partial charge in [-0.15, -0.1) is 0 Å². The van der Waals surface area contributed by atoms with E-state index in [1.54, 1.807) is 31.2 Å². The van der Waals surface area contributed by atoms with Crippen molar-refractivity contribution in [2.75, 3.05) is 23.7 Å². The summed E-state index contributed by atoms with van der Waals surface area (Å²) in [6.07, 6.45) is 0.886. The van der Waals surface area contributed by atoms with E-state index in [1.807, 2.05) is 6.92 Å². The Hall–Kier alpha value is -2.68. The largest absolute Gasteiger partial charge is 0.494 e. The molecule has 1 amide bonds. The van der Waals surface area contributed by atoms with Crippen LogP contribution in [0.4, 0.5) is 14.5 Å². The number of halogens is 2. The number of hydrogen-bond acceptors (Lipinski definition) is 4. The average Bonchev–Trinajstić information content (AvgIpc) is 2.62. The second kappa shape index (κ2) is 9.01. The molecule has 0 spiro atoms. The second-order valence-electron chi connectivity index (χ2n) is 6.16. The minimum absolute atomic E-state index is 0.134. The Morgan fingerprint density at radius 2 is 1.79 bits per heavy atom. The van der Waals surface area contributed by atoms with Gasteiger partial charge in [0, 0.05) is 6.07 Å². The fraction of sp³-hybridized carbons (Fsp3) is 0.316. The summed E-state index contributed by atoms with van der Waals surface area (Å²) in [5.41, 5.74) is 0.667. The maximum atomic E-state index is 13.5. The molecule has 0 aliphatic carbocycles. The molecule has 1 N–H and O–H groups in total. The molecule has 0 fully saturated rings. The number of hydrogen-bond donors (Lipinski definition) is 1. The van der Waals surface area contributed by atoms with Crippen LogP contribution >= 0.6 is 0 Å². The van der Waals surface area contributed by atoms with Gasteiger partial charge in [0.15, 0.2) is 11.6 Å². The van der Waals surface area contributed by atoms with Gasteiger partial charge in [-0.3, -0.25) is 9.10 Å². The van der Waals surface area contributed by atoms with E-state index in [4.69, 9.17) is 4.74 Å². The normalized spacial score (nSPS) is 12.3. The van der Waals surface area contributed by atoms with Gasteiger partial charge in [0.1, 0.15) is 12.3 Å². The SMILES string of the molecule is CCOc1ccc([C@@H](C)NC(=O)CN(c2ccc(F)c(F)c2)S(C)(=O)=O)cc1. The highest BCUT2D eigenvalue weighted by Crippen LogP contribution is 2.21. The van der Waals surface area contributed by atoms with E-state index in [1.165, 1.54) is 0 Å². The summed E-state index contributed by atoms with van der Waals surface area (Å²) in [6, 6.07) is 9.37. The standard InChI is InChI=1S/C19H22F2N2O4S/c1-4-27-16-8-5-14(6-9-16)13(2)22-19(24)12-23(28(3,25)26)15-7-10-17(20)18(21)11-15/h5-11,13H,4,12H2,1-3H3,(H,22,24)/t13-/m1/s1. The Balaban J connectivity index is 2.12. The van der Waals surface area contributed by atoms with Gasteiger partial charge in [0.2, 0.25) is 15.9 Å². The quantitative estimate of drug-likeness (QED) is 0.723. The summed E-state index contributed by atoms with van der Waals surface area (Å²) in [7, 11) is -3.89. The Kier molecular flexibility index (Phi) is 6.95. The fourth-order valence-electron chi connectivity index (χ4n) is 2.56. The first-order chi connectivity index (χ1) is 13.1. The molecular weight excluding hydrogens is 390 g/mol. The van der Waals surface area contributed by atoms with Gasteiger partial charge < -0.3 is 10.1 Å². The number of sulfonamides is 1. The van der Waals surface area contributed by atoms with Crippen LogP contribution in [0.3, 0.4) is 0 Å². The van der Waals surface area contributed by atoms with Gasteiger partial charge in [-0.05, 0) is 43.7 Å². The van der Waals surface area contributed by atoms with Crippen molar-refractivity contribution in [1.29, 1.82) is 0 Å². The number of rotatable bonds is 8. The minimum atomic E-state index is -3.89. The van der Waals surface area contributed by atoms with Gasteiger partial charge in [0.05, 0.1) is 24.6 Å². The minimum Gasteiger partial charge on any atom is -0.494 e. The van der Waals surface area contributed by atoms with Crippen molar-refractivity contribution in [3.63, 3.8) is 0 Å². The first-order valence-corrected chi connectivity index (χ1v) is 10.4. The van der Waals surface area contributed by atoms with E-state index in [-0.39, 0.29) is 5.69 Å². The molecule has 0 aromatic heterocycles. The number of benzene rings is 2. The summed E-state index contributed by atoms with van der Waals surface area (Å²) in [6.45, 7) is 3.59. The van der Waals surface area contributed by atoms with Crippen LogP contribution in [0.2, 0.25) is 0 Å².